The molecule has 1 rings (SSSR count). The second kappa shape index (κ2) is 8.18. The van der Waals surface area contributed by atoms with Crippen LogP contribution >= 0.6 is 11.3 Å². The smallest absolute Gasteiger partial charge is 0.325 e. The average Bonchev–Trinajstić information content (AvgIpc) is 2.75. The number of thiazole rings is 1. The summed E-state index contributed by atoms with van der Waals surface area (Å²) in [6, 6.07) is -0.449. The van der Waals surface area contributed by atoms with E-state index in [2.05, 4.69) is 0 Å². The van der Waals surface area contributed by atoms with Gasteiger partial charge in [-0.2, -0.15) is 0 Å². The number of rotatable bonds is 8. The summed E-state index contributed by atoms with van der Waals surface area (Å²) in [5.41, 5.74) is 0.938. The molecule has 0 aromatic carbocycles. The molecule has 1 atom stereocenters. The molecule has 0 amide bonds. The lowest BCUT2D eigenvalue weighted by molar-refractivity contribution is -0.148. The number of methoxy groups -OCH3 is 1. The highest BCUT2D eigenvalue weighted by molar-refractivity contribution is 7.07. The van der Waals surface area contributed by atoms with Crippen molar-refractivity contribution in [2.24, 2.45) is 0 Å². The van der Waals surface area contributed by atoms with Crippen LogP contribution in [0, 0.1) is 6.92 Å². The lowest BCUT2D eigenvalue weighted by Gasteiger charge is -2.25. The van der Waals surface area contributed by atoms with Gasteiger partial charge in [0.2, 0.25) is 0 Å². The van der Waals surface area contributed by atoms with Crippen LogP contribution in [0.4, 0.5) is 0 Å². The first kappa shape index (κ1) is 16.9. The van der Waals surface area contributed by atoms with E-state index < -0.39 is 6.04 Å². The maximum atomic E-state index is 11.7. The van der Waals surface area contributed by atoms with Gasteiger partial charge in [0.25, 0.3) is 0 Å². The molecule has 0 bridgehead atoms. The van der Waals surface area contributed by atoms with E-state index in [0.717, 1.165) is 5.69 Å². The van der Waals surface area contributed by atoms with Gasteiger partial charge in [-0.3, -0.25) is 14.5 Å². The lowest BCUT2D eigenvalue weighted by Crippen LogP contribution is -2.44. The monoisotopic (exact) mass is 302 g/mol. The molecule has 0 N–H and O–H groups in total. The molecule has 0 saturated carbocycles. The molecule has 0 radical (unpaired) electrons. The topological polar surface area (TPSA) is 60.8 Å². The normalized spacial score (nSPS) is 12.7. The van der Waals surface area contributed by atoms with E-state index in [9.17, 15) is 9.59 Å². The summed E-state index contributed by atoms with van der Waals surface area (Å²) in [4.78, 5) is 25.3. The highest BCUT2D eigenvalue weighted by atomic mass is 32.1. The van der Waals surface area contributed by atoms with Crippen molar-refractivity contribution in [1.82, 2.24) is 9.47 Å². The zero-order valence-corrected chi connectivity index (χ0v) is 13.2. The maximum absolute atomic E-state index is 11.7. The second-order valence-corrected chi connectivity index (χ2v) is 5.29. The van der Waals surface area contributed by atoms with Gasteiger partial charge < -0.3 is 14.0 Å². The predicted octanol–water partition coefficient (Wildman–Crippen LogP) is 0.728. The second-order valence-electron chi connectivity index (χ2n) is 4.47. The first-order valence-electron chi connectivity index (χ1n) is 6.52. The zero-order chi connectivity index (χ0) is 15.1. The van der Waals surface area contributed by atoms with Crippen LogP contribution in [-0.2, 0) is 20.8 Å². The molecule has 1 aromatic heterocycles. The minimum Gasteiger partial charge on any atom is -0.468 e. The van der Waals surface area contributed by atoms with Crippen LogP contribution in [0.1, 0.15) is 12.6 Å². The highest BCUT2D eigenvalue weighted by Crippen LogP contribution is 2.04. The van der Waals surface area contributed by atoms with Gasteiger partial charge in [0.15, 0.2) is 0 Å². The number of carbonyl (C=O) groups is 1. The number of aromatic nitrogens is 1. The van der Waals surface area contributed by atoms with E-state index in [1.54, 1.807) is 4.57 Å². The Labute approximate surface area is 122 Å². The molecule has 0 spiro atoms. The predicted molar refractivity (Wildman–Crippen MR) is 78.2 cm³/mol. The largest absolute Gasteiger partial charge is 0.468 e. The first-order chi connectivity index (χ1) is 9.51. The number of likely N-dealkylation sites (N-methyl/N-ethyl adjacent to an activating group) is 1. The van der Waals surface area contributed by atoms with Crippen LogP contribution in [0.3, 0.4) is 0 Å². The molecule has 1 aromatic rings. The molecule has 114 valence electrons. The lowest BCUT2D eigenvalue weighted by atomic mass is 10.2. The van der Waals surface area contributed by atoms with Crippen molar-refractivity contribution in [3.8, 4) is 0 Å². The Morgan fingerprint density at radius 2 is 2.25 bits per heavy atom. The molecule has 0 aliphatic carbocycles. The Hall–Kier alpha value is -1.18. The van der Waals surface area contributed by atoms with Crippen molar-refractivity contribution in [2.45, 2.75) is 26.4 Å². The quantitative estimate of drug-likeness (QED) is 0.663. The Kier molecular flexibility index (Phi) is 6.90. The fourth-order valence-corrected chi connectivity index (χ4v) is 2.59. The number of carbonyl (C=O) groups excluding carboxylic acids is 1. The SMILES string of the molecule is CCOC[C@@H](C(=O)OC)N(C)CCn1c(C)csc1=O. The molecule has 1 heterocycles. The highest BCUT2D eigenvalue weighted by Gasteiger charge is 2.24. The Morgan fingerprint density at radius 1 is 1.55 bits per heavy atom. The summed E-state index contributed by atoms with van der Waals surface area (Å²) >= 11 is 1.19. The van der Waals surface area contributed by atoms with Gasteiger partial charge >= 0.3 is 10.8 Å². The van der Waals surface area contributed by atoms with E-state index in [-0.39, 0.29) is 17.4 Å². The van der Waals surface area contributed by atoms with Crippen LogP contribution in [0.5, 0.6) is 0 Å². The van der Waals surface area contributed by atoms with Gasteiger partial charge in [-0.1, -0.05) is 11.3 Å². The Bertz CT molecular complexity index is 483. The maximum Gasteiger partial charge on any atom is 0.325 e. The van der Waals surface area contributed by atoms with Crippen LogP contribution in [0.15, 0.2) is 10.2 Å². The van der Waals surface area contributed by atoms with Gasteiger partial charge in [0.05, 0.1) is 13.7 Å². The summed E-state index contributed by atoms with van der Waals surface area (Å²) in [7, 11) is 3.19. The van der Waals surface area contributed by atoms with Gasteiger partial charge in [-0.05, 0) is 20.9 Å². The standard InChI is InChI=1S/C13H22N2O4S/c1-5-19-8-11(12(16)18-4)14(3)6-7-15-10(2)9-20-13(15)17/h9,11H,5-8H2,1-4H3/t11-/m0/s1. The van der Waals surface area contributed by atoms with Crippen LogP contribution in [0.2, 0.25) is 0 Å². The van der Waals surface area contributed by atoms with Crippen molar-refractivity contribution in [2.75, 3.05) is 33.9 Å². The summed E-state index contributed by atoms with van der Waals surface area (Å²) < 4.78 is 11.8. The minimum absolute atomic E-state index is 0.0235. The van der Waals surface area contributed by atoms with Crippen molar-refractivity contribution < 1.29 is 14.3 Å². The molecule has 0 aliphatic rings. The summed E-state index contributed by atoms with van der Waals surface area (Å²) in [5.74, 6) is -0.324. The molecule has 0 saturated heterocycles. The fourth-order valence-electron chi connectivity index (χ4n) is 1.83. The van der Waals surface area contributed by atoms with Crippen molar-refractivity contribution in [3.63, 3.8) is 0 Å². The van der Waals surface area contributed by atoms with Crippen LogP contribution < -0.4 is 4.87 Å². The number of hydrogen-bond acceptors (Lipinski definition) is 6. The zero-order valence-electron chi connectivity index (χ0n) is 12.4. The third-order valence-corrected chi connectivity index (χ3v) is 4.02. The van der Waals surface area contributed by atoms with E-state index >= 15 is 0 Å². The van der Waals surface area contributed by atoms with Crippen molar-refractivity contribution in [3.05, 3.63) is 20.7 Å². The van der Waals surface area contributed by atoms with Gasteiger partial charge in [-0.25, -0.2) is 0 Å². The first-order valence-corrected chi connectivity index (χ1v) is 7.40. The number of nitrogens with zero attached hydrogens (tertiary/aromatic N) is 2. The third-order valence-electron chi connectivity index (χ3n) is 3.14. The summed E-state index contributed by atoms with van der Waals surface area (Å²) in [6.45, 7) is 5.73. The minimum atomic E-state index is -0.449. The van der Waals surface area contributed by atoms with E-state index in [0.29, 0.717) is 19.7 Å². The molecule has 0 unspecified atom stereocenters. The van der Waals surface area contributed by atoms with E-state index in [1.165, 1.54) is 18.4 Å². The van der Waals surface area contributed by atoms with Crippen LogP contribution in [-0.4, -0.2) is 55.4 Å². The molecular formula is C13H22N2O4S. The number of aryl methyl sites for hydroxylation is 1. The molecule has 0 fully saturated rings. The van der Waals surface area contributed by atoms with E-state index in [1.807, 2.05) is 31.2 Å². The van der Waals surface area contributed by atoms with Crippen molar-refractivity contribution in [1.29, 1.82) is 0 Å². The van der Waals surface area contributed by atoms with Gasteiger partial charge in [0, 0.05) is 30.8 Å². The molecule has 6 nitrogen and oxygen atoms in total. The Morgan fingerprint density at radius 3 is 2.75 bits per heavy atom. The molecule has 20 heavy (non-hydrogen) atoms. The van der Waals surface area contributed by atoms with Crippen molar-refractivity contribution >= 4 is 17.3 Å². The third kappa shape index (κ3) is 4.43. The van der Waals surface area contributed by atoms with Gasteiger partial charge in [-0.15, -0.1) is 0 Å². The van der Waals surface area contributed by atoms with E-state index in [4.69, 9.17) is 9.47 Å². The average molecular weight is 302 g/mol. The number of esters is 1. The fraction of sp³-hybridized carbons (Fsp3) is 0.692. The van der Waals surface area contributed by atoms with Crippen LogP contribution in [0.25, 0.3) is 0 Å². The molecule has 0 aliphatic heterocycles. The number of hydrogen-bond donors (Lipinski definition) is 0. The van der Waals surface area contributed by atoms with Gasteiger partial charge in [0.1, 0.15) is 6.04 Å². The molecular weight excluding hydrogens is 280 g/mol. The molecule has 7 heteroatoms. The summed E-state index contributed by atoms with van der Waals surface area (Å²) in [5, 5.41) is 1.83. The number of ether oxygens (including phenoxy) is 2. The summed E-state index contributed by atoms with van der Waals surface area (Å²) in [6.07, 6.45) is 0. The Balaban J connectivity index is 2.64.